The fourth-order valence-corrected chi connectivity index (χ4v) is 4.24. The predicted molar refractivity (Wildman–Crippen MR) is 75.3 cm³/mol. The second kappa shape index (κ2) is 5.73. The molecule has 1 heterocycles. The highest BCUT2D eigenvalue weighted by atomic mass is 15.2. The molecule has 0 aromatic heterocycles. The smallest absolute Gasteiger partial charge is 0.00756 e. The summed E-state index contributed by atoms with van der Waals surface area (Å²) < 4.78 is 0. The first kappa shape index (κ1) is 13.4. The van der Waals surface area contributed by atoms with Crippen molar-refractivity contribution in [1.29, 1.82) is 0 Å². The van der Waals surface area contributed by atoms with Crippen molar-refractivity contribution in [3.8, 4) is 0 Å². The molecule has 0 unspecified atom stereocenters. The summed E-state index contributed by atoms with van der Waals surface area (Å²) in [4.78, 5) is 2.75. The molecule has 17 heavy (non-hydrogen) atoms. The van der Waals surface area contributed by atoms with Gasteiger partial charge in [-0.3, -0.25) is 4.90 Å². The molecule has 1 saturated heterocycles. The zero-order valence-corrected chi connectivity index (χ0v) is 12.2. The summed E-state index contributed by atoms with van der Waals surface area (Å²) in [6.45, 7) is 8.56. The largest absolute Gasteiger partial charge is 0.298 e. The summed E-state index contributed by atoms with van der Waals surface area (Å²) in [6.07, 6.45) is 13.4. The van der Waals surface area contributed by atoms with Crippen LogP contribution >= 0.6 is 0 Å². The Bertz CT molecular complexity index is 224. The zero-order chi connectivity index (χ0) is 12.3. The first-order valence-electron chi connectivity index (χ1n) is 7.89. The summed E-state index contributed by atoms with van der Waals surface area (Å²) in [5.41, 5.74) is 0.689. The van der Waals surface area contributed by atoms with Gasteiger partial charge in [0.2, 0.25) is 0 Å². The molecule has 1 nitrogen and oxygen atoms in total. The molecule has 2 aliphatic rings. The summed E-state index contributed by atoms with van der Waals surface area (Å²) in [5, 5.41) is 0. The number of rotatable bonds is 1. The molecule has 2 rings (SSSR count). The van der Waals surface area contributed by atoms with E-state index in [9.17, 15) is 0 Å². The van der Waals surface area contributed by atoms with Gasteiger partial charge in [-0.1, -0.05) is 38.5 Å². The lowest BCUT2D eigenvalue weighted by Crippen LogP contribution is -2.35. The van der Waals surface area contributed by atoms with E-state index >= 15 is 0 Å². The number of nitrogens with zero attached hydrogens (tertiary/aromatic N) is 1. The van der Waals surface area contributed by atoms with E-state index in [4.69, 9.17) is 0 Å². The Hall–Kier alpha value is -0.0400. The highest BCUT2D eigenvalue weighted by molar-refractivity contribution is 4.95. The van der Waals surface area contributed by atoms with Crippen molar-refractivity contribution in [2.45, 2.75) is 90.6 Å². The first-order chi connectivity index (χ1) is 8.13. The van der Waals surface area contributed by atoms with Gasteiger partial charge in [0.15, 0.2) is 0 Å². The monoisotopic (exact) mass is 237 g/mol. The minimum atomic E-state index is 0.689. The minimum Gasteiger partial charge on any atom is -0.298 e. The Balaban J connectivity index is 2.01. The van der Waals surface area contributed by atoms with E-state index in [-0.39, 0.29) is 0 Å². The van der Waals surface area contributed by atoms with Crippen LogP contribution in [0.2, 0.25) is 0 Å². The maximum absolute atomic E-state index is 2.75. The Kier molecular flexibility index (Phi) is 4.52. The van der Waals surface area contributed by atoms with E-state index in [1.807, 2.05) is 0 Å². The first-order valence-corrected chi connectivity index (χ1v) is 7.89. The second-order valence-corrected chi connectivity index (χ2v) is 6.94. The average Bonchev–Trinajstić information content (AvgIpc) is 2.65. The normalized spacial score (nSPS) is 31.4. The molecule has 1 heteroatoms. The summed E-state index contributed by atoms with van der Waals surface area (Å²) >= 11 is 0. The van der Waals surface area contributed by atoms with Gasteiger partial charge >= 0.3 is 0 Å². The van der Waals surface area contributed by atoms with E-state index < -0.39 is 0 Å². The maximum atomic E-state index is 2.75. The second-order valence-electron chi connectivity index (χ2n) is 6.94. The zero-order valence-electron chi connectivity index (χ0n) is 12.2. The molecule has 0 N–H and O–H groups in total. The molecule has 100 valence electrons. The van der Waals surface area contributed by atoms with Crippen molar-refractivity contribution < 1.29 is 0 Å². The van der Waals surface area contributed by atoms with E-state index in [0.29, 0.717) is 5.41 Å². The fourth-order valence-electron chi connectivity index (χ4n) is 4.24. The van der Waals surface area contributed by atoms with Gasteiger partial charge in [-0.2, -0.15) is 0 Å². The van der Waals surface area contributed by atoms with Crippen LogP contribution in [0.4, 0.5) is 0 Å². The third-order valence-corrected chi connectivity index (χ3v) is 5.14. The Morgan fingerprint density at radius 3 is 1.94 bits per heavy atom. The molecule has 0 radical (unpaired) electrons. The van der Waals surface area contributed by atoms with Crippen molar-refractivity contribution in [3.05, 3.63) is 0 Å². The topological polar surface area (TPSA) is 3.24 Å². The molecule has 0 aromatic carbocycles. The number of likely N-dealkylation sites (tertiary alicyclic amines) is 1. The molecule has 0 amide bonds. The molecule has 1 atom stereocenters. The minimum absolute atomic E-state index is 0.689. The highest BCUT2D eigenvalue weighted by Crippen LogP contribution is 2.44. The van der Waals surface area contributed by atoms with Gasteiger partial charge in [0.05, 0.1) is 0 Å². The molecule has 1 aliphatic carbocycles. The molecule has 2 fully saturated rings. The van der Waals surface area contributed by atoms with Crippen LogP contribution in [-0.2, 0) is 0 Å². The van der Waals surface area contributed by atoms with Gasteiger partial charge in [-0.05, 0) is 45.4 Å². The van der Waals surface area contributed by atoms with Crippen LogP contribution in [0.15, 0.2) is 0 Å². The molecule has 1 spiro atoms. The third-order valence-electron chi connectivity index (χ3n) is 5.14. The van der Waals surface area contributed by atoms with Crippen molar-refractivity contribution in [2.24, 2.45) is 5.41 Å². The summed E-state index contributed by atoms with van der Waals surface area (Å²) in [7, 11) is 0. The van der Waals surface area contributed by atoms with Gasteiger partial charge in [0.1, 0.15) is 0 Å². The molecular weight excluding hydrogens is 206 g/mol. The fraction of sp³-hybridized carbons (Fsp3) is 1.00. The summed E-state index contributed by atoms with van der Waals surface area (Å²) in [6, 6.07) is 1.55. The molecule has 1 saturated carbocycles. The van der Waals surface area contributed by atoms with E-state index in [1.54, 1.807) is 0 Å². The maximum Gasteiger partial charge on any atom is 0.00756 e. The van der Waals surface area contributed by atoms with Crippen LogP contribution in [0.1, 0.15) is 78.6 Å². The Labute approximate surface area is 108 Å². The highest BCUT2D eigenvalue weighted by Gasteiger charge is 2.41. The molecule has 1 aliphatic heterocycles. The average molecular weight is 237 g/mol. The van der Waals surface area contributed by atoms with E-state index in [1.165, 1.54) is 64.3 Å². The van der Waals surface area contributed by atoms with Gasteiger partial charge in [0, 0.05) is 18.6 Å². The van der Waals surface area contributed by atoms with Gasteiger partial charge < -0.3 is 0 Å². The van der Waals surface area contributed by atoms with Crippen molar-refractivity contribution in [2.75, 3.05) is 6.54 Å². The van der Waals surface area contributed by atoms with Gasteiger partial charge in [0.25, 0.3) is 0 Å². The SMILES string of the molecule is CC(C)N1CC2(CCCCCCCC2)C[C@@H]1C. The Morgan fingerprint density at radius 2 is 1.47 bits per heavy atom. The van der Waals surface area contributed by atoms with E-state index in [0.717, 1.165) is 12.1 Å². The standard InChI is InChI=1S/C16H31N/c1-14(2)17-13-16(12-15(17)3)10-8-6-4-5-7-9-11-16/h14-15H,4-13H2,1-3H3/t15-/m0/s1. The lowest BCUT2D eigenvalue weighted by molar-refractivity contribution is 0.180. The van der Waals surface area contributed by atoms with Crippen molar-refractivity contribution in [3.63, 3.8) is 0 Å². The molecule has 0 bridgehead atoms. The van der Waals surface area contributed by atoms with Crippen LogP contribution in [0.3, 0.4) is 0 Å². The lowest BCUT2D eigenvalue weighted by Gasteiger charge is -2.30. The van der Waals surface area contributed by atoms with Crippen molar-refractivity contribution in [1.82, 2.24) is 4.90 Å². The van der Waals surface area contributed by atoms with Gasteiger partial charge in [-0.15, -0.1) is 0 Å². The number of hydrogen-bond donors (Lipinski definition) is 0. The third kappa shape index (κ3) is 3.24. The predicted octanol–water partition coefficient (Wildman–Crippen LogP) is 4.61. The van der Waals surface area contributed by atoms with Crippen LogP contribution in [0, 0.1) is 5.41 Å². The summed E-state index contributed by atoms with van der Waals surface area (Å²) in [5.74, 6) is 0. The quantitative estimate of drug-likeness (QED) is 0.644. The number of hydrogen-bond acceptors (Lipinski definition) is 1. The Morgan fingerprint density at radius 1 is 0.941 bits per heavy atom. The van der Waals surface area contributed by atoms with Crippen LogP contribution in [0.5, 0.6) is 0 Å². The van der Waals surface area contributed by atoms with Crippen LogP contribution < -0.4 is 0 Å². The van der Waals surface area contributed by atoms with Crippen molar-refractivity contribution >= 4 is 0 Å². The van der Waals surface area contributed by atoms with Gasteiger partial charge in [-0.25, -0.2) is 0 Å². The van der Waals surface area contributed by atoms with Crippen LogP contribution in [-0.4, -0.2) is 23.5 Å². The van der Waals surface area contributed by atoms with E-state index in [2.05, 4.69) is 25.7 Å². The molecule has 0 aromatic rings. The lowest BCUT2D eigenvalue weighted by atomic mass is 9.77. The van der Waals surface area contributed by atoms with Crippen LogP contribution in [0.25, 0.3) is 0 Å². The molecular formula is C16H31N.